The number of nitrogens with one attached hydrogen (secondary N) is 3. The second-order valence-corrected chi connectivity index (χ2v) is 6.52. The molecule has 0 spiro atoms. The van der Waals surface area contributed by atoms with E-state index in [0.29, 0.717) is 21.4 Å². The third kappa shape index (κ3) is 4.68. The molecular formula is C19H16BrN5O2. The van der Waals surface area contributed by atoms with Gasteiger partial charge in [0.1, 0.15) is 0 Å². The largest absolute Gasteiger partial charge is 0.360 e. The first-order valence-corrected chi connectivity index (χ1v) is 8.83. The fraction of sp³-hybridized carbons (Fsp3) is 0.0526. The topological polar surface area (TPSA) is 99.2 Å². The van der Waals surface area contributed by atoms with Gasteiger partial charge in [-0.15, -0.1) is 0 Å². The lowest BCUT2D eigenvalue weighted by molar-refractivity contribution is 0.0955. The lowest BCUT2D eigenvalue weighted by atomic mass is 10.1. The predicted octanol–water partition coefficient (Wildman–Crippen LogP) is 3.58. The Hall–Kier alpha value is -3.26. The van der Waals surface area contributed by atoms with Crippen molar-refractivity contribution in [3.63, 3.8) is 0 Å². The van der Waals surface area contributed by atoms with Crippen LogP contribution in [0.15, 0.2) is 70.6 Å². The van der Waals surface area contributed by atoms with Crippen LogP contribution in [-0.4, -0.2) is 27.5 Å². The zero-order chi connectivity index (χ0) is 19.2. The van der Waals surface area contributed by atoms with Crippen LogP contribution in [0.25, 0.3) is 0 Å². The SMILES string of the molecule is CC(=NNC(=O)c1cc(Br)ccc1NC(=O)c1cccnc1)c1ccc[nH]1. The number of H-pyrrole nitrogens is 1. The zero-order valence-corrected chi connectivity index (χ0v) is 15.9. The Morgan fingerprint density at radius 1 is 1.15 bits per heavy atom. The van der Waals surface area contributed by atoms with E-state index in [0.717, 1.165) is 5.69 Å². The minimum atomic E-state index is -0.441. The second-order valence-electron chi connectivity index (χ2n) is 5.61. The molecular weight excluding hydrogens is 410 g/mol. The summed E-state index contributed by atoms with van der Waals surface area (Å²) in [6, 6.07) is 12.0. The molecule has 8 heteroatoms. The molecule has 7 nitrogen and oxygen atoms in total. The van der Waals surface area contributed by atoms with Gasteiger partial charge in [-0.2, -0.15) is 5.10 Å². The summed E-state index contributed by atoms with van der Waals surface area (Å²) in [7, 11) is 0. The number of amides is 2. The Morgan fingerprint density at radius 2 is 2.00 bits per heavy atom. The van der Waals surface area contributed by atoms with Crippen LogP contribution in [-0.2, 0) is 0 Å². The first-order chi connectivity index (χ1) is 13.0. The number of pyridine rings is 1. The number of hydrazone groups is 1. The van der Waals surface area contributed by atoms with E-state index in [2.05, 4.69) is 41.7 Å². The van der Waals surface area contributed by atoms with E-state index in [-0.39, 0.29) is 11.5 Å². The lowest BCUT2D eigenvalue weighted by Crippen LogP contribution is -2.22. The second kappa shape index (κ2) is 8.41. The van der Waals surface area contributed by atoms with E-state index >= 15 is 0 Å². The number of nitrogens with zero attached hydrogens (tertiary/aromatic N) is 2. The average Bonchev–Trinajstić information content (AvgIpc) is 3.22. The molecule has 0 aliphatic rings. The van der Waals surface area contributed by atoms with Crippen LogP contribution in [0.4, 0.5) is 5.69 Å². The van der Waals surface area contributed by atoms with Gasteiger partial charge in [0, 0.05) is 23.1 Å². The summed E-state index contributed by atoms with van der Waals surface area (Å²) in [4.78, 5) is 31.9. The van der Waals surface area contributed by atoms with Crippen LogP contribution in [0.1, 0.15) is 33.3 Å². The molecule has 136 valence electrons. The van der Waals surface area contributed by atoms with E-state index in [1.165, 1.54) is 6.20 Å². The molecule has 0 saturated carbocycles. The highest BCUT2D eigenvalue weighted by atomic mass is 79.9. The van der Waals surface area contributed by atoms with E-state index < -0.39 is 5.91 Å². The molecule has 3 aromatic rings. The van der Waals surface area contributed by atoms with Crippen LogP contribution >= 0.6 is 15.9 Å². The van der Waals surface area contributed by atoms with Gasteiger partial charge in [0.05, 0.1) is 28.2 Å². The molecule has 0 fully saturated rings. The highest BCUT2D eigenvalue weighted by Gasteiger charge is 2.15. The minimum Gasteiger partial charge on any atom is -0.360 e. The van der Waals surface area contributed by atoms with Gasteiger partial charge in [-0.25, -0.2) is 5.43 Å². The molecule has 1 aromatic carbocycles. The molecule has 0 aliphatic carbocycles. The molecule has 0 aliphatic heterocycles. The van der Waals surface area contributed by atoms with Gasteiger partial charge in [0.2, 0.25) is 0 Å². The van der Waals surface area contributed by atoms with Crippen molar-refractivity contribution in [2.24, 2.45) is 5.10 Å². The monoisotopic (exact) mass is 425 g/mol. The number of halogens is 1. The number of rotatable bonds is 5. The maximum absolute atomic E-state index is 12.6. The van der Waals surface area contributed by atoms with E-state index in [1.807, 2.05) is 12.1 Å². The van der Waals surface area contributed by atoms with E-state index in [1.54, 1.807) is 49.6 Å². The molecule has 3 N–H and O–H groups in total. The molecule has 2 heterocycles. The smallest absolute Gasteiger partial charge is 0.273 e. The van der Waals surface area contributed by atoms with Crippen molar-refractivity contribution in [3.05, 3.63) is 82.3 Å². The van der Waals surface area contributed by atoms with Crippen molar-refractivity contribution in [1.29, 1.82) is 0 Å². The van der Waals surface area contributed by atoms with Crippen molar-refractivity contribution in [1.82, 2.24) is 15.4 Å². The van der Waals surface area contributed by atoms with Gasteiger partial charge in [-0.1, -0.05) is 15.9 Å². The number of aromatic amines is 1. The maximum atomic E-state index is 12.6. The summed E-state index contributed by atoms with van der Waals surface area (Å²) in [5.74, 6) is -0.797. The fourth-order valence-electron chi connectivity index (χ4n) is 2.32. The first-order valence-electron chi connectivity index (χ1n) is 8.04. The van der Waals surface area contributed by atoms with Gasteiger partial charge in [0.25, 0.3) is 11.8 Å². The molecule has 0 unspecified atom stereocenters. The first kappa shape index (κ1) is 18.5. The Morgan fingerprint density at radius 3 is 2.70 bits per heavy atom. The van der Waals surface area contributed by atoms with Crippen molar-refractivity contribution in [3.8, 4) is 0 Å². The van der Waals surface area contributed by atoms with Crippen molar-refractivity contribution < 1.29 is 9.59 Å². The molecule has 27 heavy (non-hydrogen) atoms. The molecule has 2 amide bonds. The highest BCUT2D eigenvalue weighted by molar-refractivity contribution is 9.10. The molecule has 0 atom stereocenters. The Kier molecular flexibility index (Phi) is 5.77. The quantitative estimate of drug-likeness (QED) is 0.430. The maximum Gasteiger partial charge on any atom is 0.273 e. The van der Waals surface area contributed by atoms with Crippen molar-refractivity contribution in [2.75, 3.05) is 5.32 Å². The van der Waals surface area contributed by atoms with Crippen molar-refractivity contribution >= 4 is 39.1 Å². The standard InChI is InChI=1S/C19H16BrN5O2/c1-12(16-5-3-9-22-16)24-25-19(27)15-10-14(20)6-7-17(15)23-18(26)13-4-2-8-21-11-13/h2-11,22H,1H3,(H,23,26)(H,25,27). The minimum absolute atomic E-state index is 0.282. The normalized spacial score (nSPS) is 11.1. The van der Waals surface area contributed by atoms with Gasteiger partial charge in [0.15, 0.2) is 0 Å². The van der Waals surface area contributed by atoms with Gasteiger partial charge in [-0.3, -0.25) is 14.6 Å². The summed E-state index contributed by atoms with van der Waals surface area (Å²) >= 11 is 3.34. The summed E-state index contributed by atoms with van der Waals surface area (Å²) < 4.78 is 0.706. The summed E-state index contributed by atoms with van der Waals surface area (Å²) in [6.45, 7) is 1.78. The Bertz CT molecular complexity index is 985. The van der Waals surface area contributed by atoms with Crippen LogP contribution in [0.5, 0.6) is 0 Å². The average molecular weight is 426 g/mol. The third-order valence-corrected chi connectivity index (χ3v) is 4.20. The predicted molar refractivity (Wildman–Crippen MR) is 107 cm³/mol. The number of carbonyl (C=O) groups is 2. The number of aromatic nitrogens is 2. The van der Waals surface area contributed by atoms with Crippen LogP contribution in [0.3, 0.4) is 0 Å². The molecule has 0 bridgehead atoms. The molecule has 2 aromatic heterocycles. The fourth-order valence-corrected chi connectivity index (χ4v) is 2.68. The number of hydrogen-bond acceptors (Lipinski definition) is 4. The molecule has 3 rings (SSSR count). The van der Waals surface area contributed by atoms with Crippen molar-refractivity contribution in [2.45, 2.75) is 6.92 Å². The van der Waals surface area contributed by atoms with Crippen LogP contribution in [0.2, 0.25) is 0 Å². The molecule has 0 saturated heterocycles. The number of hydrogen-bond donors (Lipinski definition) is 3. The highest BCUT2D eigenvalue weighted by Crippen LogP contribution is 2.22. The number of carbonyl (C=O) groups excluding carboxylic acids is 2. The number of anilines is 1. The summed E-state index contributed by atoms with van der Waals surface area (Å²) in [5.41, 5.74) is 4.99. The lowest BCUT2D eigenvalue weighted by Gasteiger charge is -2.11. The Balaban J connectivity index is 1.80. The number of benzene rings is 1. The van der Waals surface area contributed by atoms with Gasteiger partial charge >= 0.3 is 0 Å². The molecule has 0 radical (unpaired) electrons. The summed E-state index contributed by atoms with van der Waals surface area (Å²) in [5, 5.41) is 6.83. The third-order valence-electron chi connectivity index (χ3n) is 3.71. The zero-order valence-electron chi connectivity index (χ0n) is 14.4. The van der Waals surface area contributed by atoms with Crippen LogP contribution in [0, 0.1) is 0 Å². The van der Waals surface area contributed by atoms with Crippen LogP contribution < -0.4 is 10.7 Å². The van der Waals surface area contributed by atoms with E-state index in [9.17, 15) is 9.59 Å². The van der Waals surface area contributed by atoms with Gasteiger partial charge in [-0.05, 0) is 49.4 Å². The van der Waals surface area contributed by atoms with Gasteiger partial charge < -0.3 is 10.3 Å². The summed E-state index contributed by atoms with van der Waals surface area (Å²) in [6.07, 6.45) is 4.81. The Labute approximate surface area is 164 Å². The van der Waals surface area contributed by atoms with E-state index in [4.69, 9.17) is 0 Å².